The molecule has 0 saturated carbocycles. The number of hydrogen-bond acceptors (Lipinski definition) is 7. The zero-order valence-corrected chi connectivity index (χ0v) is 17.2. The number of ether oxygens (including phenoxy) is 1. The summed E-state index contributed by atoms with van der Waals surface area (Å²) in [6, 6.07) is 19.4. The molecule has 0 aliphatic heterocycles. The molecule has 0 bridgehead atoms. The summed E-state index contributed by atoms with van der Waals surface area (Å²) >= 11 is 5.83. The van der Waals surface area contributed by atoms with Crippen molar-refractivity contribution in [3.8, 4) is 28.6 Å². The molecule has 0 aliphatic rings. The lowest BCUT2D eigenvalue weighted by molar-refractivity contribution is -0.384. The zero-order valence-electron chi connectivity index (χ0n) is 16.4. The Labute approximate surface area is 186 Å². The number of hydrogen-bond donors (Lipinski definition) is 1. The van der Waals surface area contributed by atoms with E-state index >= 15 is 0 Å². The molecule has 4 aromatic rings. The lowest BCUT2D eigenvalue weighted by Crippen LogP contribution is -2.20. The smallest absolute Gasteiger partial charge is 0.269 e. The van der Waals surface area contributed by atoms with Gasteiger partial charge < -0.3 is 14.6 Å². The van der Waals surface area contributed by atoms with Gasteiger partial charge in [-0.3, -0.25) is 14.9 Å². The number of non-ortho nitro benzene ring substituents is 1. The van der Waals surface area contributed by atoms with E-state index in [9.17, 15) is 14.9 Å². The molecule has 0 aliphatic carbocycles. The molecule has 4 rings (SSSR count). The van der Waals surface area contributed by atoms with Crippen LogP contribution in [0.15, 0.2) is 77.3 Å². The van der Waals surface area contributed by atoms with Crippen molar-refractivity contribution < 1.29 is 19.0 Å². The van der Waals surface area contributed by atoms with E-state index in [0.717, 1.165) is 0 Å². The van der Waals surface area contributed by atoms with Crippen LogP contribution in [0, 0.1) is 10.1 Å². The molecule has 0 radical (unpaired) electrons. The van der Waals surface area contributed by atoms with Gasteiger partial charge in [0, 0.05) is 34.0 Å². The SMILES string of the molecule is O=C(COc1cccc(-c2noc(-c3ccc([N+](=O)[O-])cc3)n2)c1)Nc1ccc(Cl)cc1. The first-order chi connectivity index (χ1) is 15.5. The quantitative estimate of drug-likeness (QED) is 0.311. The summed E-state index contributed by atoms with van der Waals surface area (Å²) in [7, 11) is 0. The van der Waals surface area contributed by atoms with E-state index < -0.39 is 4.92 Å². The fourth-order valence-electron chi connectivity index (χ4n) is 2.79. The second-order valence-corrected chi connectivity index (χ2v) is 7.04. The molecule has 0 fully saturated rings. The minimum absolute atomic E-state index is 0.0292. The van der Waals surface area contributed by atoms with Gasteiger partial charge >= 0.3 is 0 Å². The third-order valence-electron chi connectivity index (χ3n) is 4.34. The van der Waals surface area contributed by atoms with Gasteiger partial charge in [-0.1, -0.05) is 28.9 Å². The third kappa shape index (κ3) is 5.08. The highest BCUT2D eigenvalue weighted by Gasteiger charge is 2.13. The number of nitro benzene ring substituents is 1. The Morgan fingerprint density at radius 2 is 1.81 bits per heavy atom. The highest BCUT2D eigenvalue weighted by atomic mass is 35.5. The predicted octanol–water partition coefficient (Wildman–Crippen LogP) is 4.98. The van der Waals surface area contributed by atoms with Crippen LogP contribution in [0.25, 0.3) is 22.8 Å². The first-order valence-corrected chi connectivity index (χ1v) is 9.73. The number of aromatic nitrogens is 2. The molecule has 160 valence electrons. The number of carbonyl (C=O) groups excluding carboxylic acids is 1. The molecule has 1 N–H and O–H groups in total. The van der Waals surface area contributed by atoms with Gasteiger partial charge in [-0.15, -0.1) is 0 Å². The van der Waals surface area contributed by atoms with E-state index in [4.69, 9.17) is 20.9 Å². The number of anilines is 1. The van der Waals surface area contributed by atoms with Gasteiger partial charge in [-0.05, 0) is 48.5 Å². The number of nitrogens with zero attached hydrogens (tertiary/aromatic N) is 3. The summed E-state index contributed by atoms with van der Waals surface area (Å²) in [6.45, 7) is -0.188. The average molecular weight is 451 g/mol. The van der Waals surface area contributed by atoms with Gasteiger partial charge in [0.15, 0.2) is 6.61 Å². The fraction of sp³-hybridized carbons (Fsp3) is 0.0455. The third-order valence-corrected chi connectivity index (χ3v) is 4.59. The standard InChI is InChI=1S/C22H15ClN4O5/c23-16-6-8-17(9-7-16)24-20(28)13-31-19-3-1-2-15(12-19)21-25-22(32-26-21)14-4-10-18(11-5-14)27(29)30/h1-12H,13H2,(H,24,28). The van der Waals surface area contributed by atoms with Crippen LogP contribution in [-0.2, 0) is 4.79 Å². The summed E-state index contributed by atoms with van der Waals surface area (Å²) in [4.78, 5) is 26.7. The van der Waals surface area contributed by atoms with E-state index in [1.165, 1.54) is 24.3 Å². The number of nitrogens with one attached hydrogen (secondary N) is 1. The summed E-state index contributed by atoms with van der Waals surface area (Å²) in [5, 5.41) is 18.0. The van der Waals surface area contributed by atoms with E-state index in [0.29, 0.717) is 33.4 Å². The summed E-state index contributed by atoms with van der Waals surface area (Å²) in [5.41, 5.74) is 1.76. The Morgan fingerprint density at radius 3 is 2.53 bits per heavy atom. The molecular weight excluding hydrogens is 436 g/mol. The van der Waals surface area contributed by atoms with Crippen LogP contribution in [0.4, 0.5) is 11.4 Å². The van der Waals surface area contributed by atoms with E-state index in [1.54, 1.807) is 48.5 Å². The maximum absolute atomic E-state index is 12.1. The second-order valence-electron chi connectivity index (χ2n) is 6.60. The van der Waals surface area contributed by atoms with Crippen molar-refractivity contribution in [1.29, 1.82) is 0 Å². The van der Waals surface area contributed by atoms with E-state index in [-0.39, 0.29) is 24.1 Å². The Morgan fingerprint density at radius 1 is 1.06 bits per heavy atom. The highest BCUT2D eigenvalue weighted by molar-refractivity contribution is 6.30. The summed E-state index contributed by atoms with van der Waals surface area (Å²) in [6.07, 6.45) is 0. The number of carbonyl (C=O) groups is 1. The van der Waals surface area contributed by atoms with Gasteiger partial charge in [0.25, 0.3) is 17.5 Å². The van der Waals surface area contributed by atoms with Crippen LogP contribution in [0.3, 0.4) is 0 Å². The first kappa shape index (κ1) is 21.0. The average Bonchev–Trinajstić information content (AvgIpc) is 3.30. The molecule has 10 heteroatoms. The highest BCUT2D eigenvalue weighted by Crippen LogP contribution is 2.26. The van der Waals surface area contributed by atoms with Crippen molar-refractivity contribution >= 4 is 28.9 Å². The van der Waals surface area contributed by atoms with Gasteiger partial charge in [0.2, 0.25) is 5.82 Å². The monoisotopic (exact) mass is 450 g/mol. The maximum atomic E-state index is 12.1. The van der Waals surface area contributed by atoms with Crippen molar-refractivity contribution in [1.82, 2.24) is 10.1 Å². The molecule has 0 saturated heterocycles. The van der Waals surface area contributed by atoms with Crippen LogP contribution < -0.4 is 10.1 Å². The molecule has 0 unspecified atom stereocenters. The Hall–Kier alpha value is -4.24. The molecule has 1 aromatic heterocycles. The number of halogens is 1. The maximum Gasteiger partial charge on any atom is 0.269 e. The van der Waals surface area contributed by atoms with Gasteiger partial charge in [0.05, 0.1) is 4.92 Å². The molecule has 0 spiro atoms. The Balaban J connectivity index is 1.41. The number of benzene rings is 3. The predicted molar refractivity (Wildman–Crippen MR) is 117 cm³/mol. The van der Waals surface area contributed by atoms with E-state index in [1.807, 2.05) is 0 Å². The van der Waals surface area contributed by atoms with Crippen molar-refractivity contribution in [3.63, 3.8) is 0 Å². The minimum atomic E-state index is -0.482. The number of rotatable bonds is 7. The summed E-state index contributed by atoms with van der Waals surface area (Å²) < 4.78 is 10.8. The molecular formula is C22H15ClN4O5. The first-order valence-electron chi connectivity index (χ1n) is 9.35. The van der Waals surface area contributed by atoms with Crippen LogP contribution in [0.1, 0.15) is 0 Å². The zero-order chi connectivity index (χ0) is 22.5. The van der Waals surface area contributed by atoms with Crippen LogP contribution >= 0.6 is 11.6 Å². The minimum Gasteiger partial charge on any atom is -0.484 e. The van der Waals surface area contributed by atoms with Crippen LogP contribution in [0.5, 0.6) is 5.75 Å². The molecule has 32 heavy (non-hydrogen) atoms. The van der Waals surface area contributed by atoms with Crippen molar-refractivity contribution in [3.05, 3.63) is 87.9 Å². The van der Waals surface area contributed by atoms with E-state index in [2.05, 4.69) is 15.5 Å². The normalized spacial score (nSPS) is 10.5. The molecule has 0 atom stereocenters. The summed E-state index contributed by atoms with van der Waals surface area (Å²) in [5.74, 6) is 0.672. The van der Waals surface area contributed by atoms with Crippen molar-refractivity contribution in [2.45, 2.75) is 0 Å². The Bertz CT molecular complexity index is 1260. The molecule has 1 heterocycles. The number of amides is 1. The Kier molecular flexibility index (Phi) is 6.09. The second kappa shape index (κ2) is 9.27. The fourth-order valence-corrected chi connectivity index (χ4v) is 2.91. The lowest BCUT2D eigenvalue weighted by Gasteiger charge is -2.08. The number of nitro groups is 1. The van der Waals surface area contributed by atoms with Gasteiger partial charge in [0.1, 0.15) is 5.75 Å². The van der Waals surface area contributed by atoms with Crippen molar-refractivity contribution in [2.75, 3.05) is 11.9 Å². The molecule has 9 nitrogen and oxygen atoms in total. The van der Waals surface area contributed by atoms with Gasteiger partial charge in [-0.2, -0.15) is 4.98 Å². The molecule has 1 amide bonds. The topological polar surface area (TPSA) is 120 Å². The largest absolute Gasteiger partial charge is 0.484 e. The van der Waals surface area contributed by atoms with Gasteiger partial charge in [-0.25, -0.2) is 0 Å². The lowest BCUT2D eigenvalue weighted by atomic mass is 10.2. The van der Waals surface area contributed by atoms with Crippen LogP contribution in [0.2, 0.25) is 5.02 Å². The van der Waals surface area contributed by atoms with Crippen LogP contribution in [-0.4, -0.2) is 27.6 Å². The molecule has 3 aromatic carbocycles. The van der Waals surface area contributed by atoms with Crippen molar-refractivity contribution in [2.24, 2.45) is 0 Å².